The van der Waals surface area contributed by atoms with Crippen LogP contribution in [0.15, 0.2) is 110 Å². The Balaban J connectivity index is 1.67. The van der Waals surface area contributed by atoms with Crippen molar-refractivity contribution in [2.75, 3.05) is 0 Å². The van der Waals surface area contributed by atoms with E-state index in [1.165, 1.54) is 12.1 Å². The topological polar surface area (TPSA) is 110 Å². The second-order valence-electron chi connectivity index (χ2n) is 10.7. The average molecular weight is 527 g/mol. The number of benzene rings is 3. The molecule has 0 bridgehead atoms. The summed E-state index contributed by atoms with van der Waals surface area (Å²) in [6.45, 7) is 6.00. The number of carbonyl (C=O) groups is 1. The van der Waals surface area contributed by atoms with E-state index in [4.69, 9.17) is 5.73 Å². The van der Waals surface area contributed by atoms with Crippen LogP contribution in [0.25, 0.3) is 5.76 Å². The number of sulfone groups is 1. The number of hydrogen-bond donors (Lipinski definition) is 2. The fraction of sp³-hybridized carbons (Fsp3) is 0.226. The predicted octanol–water partition coefficient (Wildman–Crippen LogP) is 5.89. The van der Waals surface area contributed by atoms with Crippen molar-refractivity contribution >= 4 is 27.2 Å². The Labute approximate surface area is 223 Å². The van der Waals surface area contributed by atoms with Gasteiger partial charge in [-0.25, -0.2) is 13.4 Å². The number of Topliss-reactive ketones (excluding diaryl/α,β-unsaturated/α-hetero) is 1. The van der Waals surface area contributed by atoms with E-state index in [2.05, 4.69) is 4.99 Å². The third kappa shape index (κ3) is 4.58. The summed E-state index contributed by atoms with van der Waals surface area (Å²) in [6.07, 6.45) is 0.918. The van der Waals surface area contributed by atoms with Crippen LogP contribution in [0.4, 0.5) is 0 Å². The maximum absolute atomic E-state index is 13.5. The van der Waals surface area contributed by atoms with Crippen LogP contribution in [0.1, 0.15) is 49.3 Å². The molecule has 3 N–H and O–H groups in total. The number of hydrogen-bond acceptors (Lipinski definition) is 6. The molecule has 38 heavy (non-hydrogen) atoms. The lowest BCUT2D eigenvalue weighted by atomic mass is 9.68. The summed E-state index contributed by atoms with van der Waals surface area (Å²) < 4.78 is 26.3. The smallest absolute Gasteiger partial charge is 0.206 e. The van der Waals surface area contributed by atoms with Crippen molar-refractivity contribution in [1.29, 1.82) is 0 Å². The van der Waals surface area contributed by atoms with Gasteiger partial charge in [0.15, 0.2) is 5.78 Å². The van der Waals surface area contributed by atoms with Crippen molar-refractivity contribution in [1.82, 2.24) is 0 Å². The molecule has 5 rings (SSSR count). The minimum absolute atomic E-state index is 0.0484. The van der Waals surface area contributed by atoms with Gasteiger partial charge in [-0.05, 0) is 48.6 Å². The highest BCUT2D eigenvalue weighted by molar-refractivity contribution is 7.91. The molecule has 1 unspecified atom stereocenters. The van der Waals surface area contributed by atoms with Gasteiger partial charge in [0, 0.05) is 29.0 Å². The first-order valence-electron chi connectivity index (χ1n) is 12.5. The molecule has 1 aliphatic heterocycles. The molecule has 0 amide bonds. The molecular formula is C31H30N2O4S. The second kappa shape index (κ2) is 9.40. The lowest BCUT2D eigenvalue weighted by Crippen LogP contribution is -2.35. The lowest BCUT2D eigenvalue weighted by molar-refractivity contribution is -0.118. The summed E-state index contributed by atoms with van der Waals surface area (Å²) >= 11 is 0. The molecule has 0 saturated heterocycles. The third-order valence-corrected chi connectivity index (χ3v) is 8.95. The normalized spacial score (nSPS) is 20.6. The van der Waals surface area contributed by atoms with Gasteiger partial charge < -0.3 is 10.8 Å². The molecule has 7 heteroatoms. The number of ketones is 1. The van der Waals surface area contributed by atoms with Gasteiger partial charge in [0.2, 0.25) is 9.84 Å². The zero-order valence-electron chi connectivity index (χ0n) is 21.6. The number of allylic oxidation sites excluding steroid dienone is 2. The van der Waals surface area contributed by atoms with Crippen LogP contribution in [0.5, 0.6) is 0 Å². The molecule has 0 fully saturated rings. The number of nitrogens with two attached hydrogens (primary N) is 1. The van der Waals surface area contributed by atoms with Crippen LogP contribution in [-0.4, -0.2) is 25.1 Å². The van der Waals surface area contributed by atoms with Crippen molar-refractivity contribution in [3.8, 4) is 0 Å². The number of amidine groups is 1. The summed E-state index contributed by atoms with van der Waals surface area (Å²) in [6, 6.07) is 22.1. The Hall–Kier alpha value is -3.97. The van der Waals surface area contributed by atoms with Crippen molar-refractivity contribution in [3.05, 3.63) is 112 Å². The van der Waals surface area contributed by atoms with Crippen LogP contribution in [-0.2, 0) is 14.6 Å². The number of aliphatic hydroxyl groups is 1. The highest BCUT2D eigenvalue weighted by atomic mass is 32.2. The first-order valence-corrected chi connectivity index (χ1v) is 14.0. The van der Waals surface area contributed by atoms with Gasteiger partial charge >= 0.3 is 0 Å². The average Bonchev–Trinajstić information content (AvgIpc) is 2.88. The number of aliphatic hydroxyl groups excluding tert-OH is 1. The molecule has 0 saturated carbocycles. The van der Waals surface area contributed by atoms with Gasteiger partial charge in [-0.15, -0.1) is 0 Å². The largest absolute Gasteiger partial charge is 0.507 e. The summed E-state index contributed by atoms with van der Waals surface area (Å²) in [5, 5.41) is 11.4. The summed E-state index contributed by atoms with van der Waals surface area (Å²) in [7, 11) is -3.71. The first kappa shape index (κ1) is 25.7. The van der Waals surface area contributed by atoms with Gasteiger partial charge in [0.25, 0.3) is 0 Å². The van der Waals surface area contributed by atoms with Gasteiger partial charge in [0.05, 0.1) is 15.5 Å². The molecule has 1 heterocycles. The molecule has 3 aromatic rings. The van der Waals surface area contributed by atoms with Crippen molar-refractivity contribution in [3.63, 3.8) is 0 Å². The summed E-state index contributed by atoms with van der Waals surface area (Å²) in [4.78, 5) is 18.5. The van der Waals surface area contributed by atoms with E-state index < -0.39 is 15.8 Å². The molecule has 0 aromatic heterocycles. The molecule has 1 aliphatic carbocycles. The number of aryl methyl sites for hydroxylation is 1. The van der Waals surface area contributed by atoms with E-state index in [9.17, 15) is 18.3 Å². The zero-order chi connectivity index (χ0) is 27.2. The summed E-state index contributed by atoms with van der Waals surface area (Å²) in [5.41, 5.74) is 9.95. The molecule has 2 aliphatic rings. The Morgan fingerprint density at radius 2 is 1.53 bits per heavy atom. The highest BCUT2D eigenvalue weighted by Gasteiger charge is 2.42. The molecule has 6 nitrogen and oxygen atoms in total. The Morgan fingerprint density at radius 3 is 2.16 bits per heavy atom. The van der Waals surface area contributed by atoms with Crippen molar-refractivity contribution in [2.24, 2.45) is 16.1 Å². The lowest BCUT2D eigenvalue weighted by Gasteiger charge is -2.37. The van der Waals surface area contributed by atoms with Crippen LogP contribution in [0.3, 0.4) is 0 Å². The molecule has 1 atom stereocenters. The van der Waals surface area contributed by atoms with Crippen LogP contribution in [0.2, 0.25) is 0 Å². The highest BCUT2D eigenvalue weighted by Crippen LogP contribution is 2.48. The van der Waals surface area contributed by atoms with Crippen molar-refractivity contribution in [2.45, 2.75) is 49.3 Å². The molecule has 0 radical (unpaired) electrons. The summed E-state index contributed by atoms with van der Waals surface area (Å²) in [5.74, 6) is -0.631. The van der Waals surface area contributed by atoms with Gasteiger partial charge in [0.1, 0.15) is 11.6 Å². The predicted molar refractivity (Wildman–Crippen MR) is 148 cm³/mol. The van der Waals surface area contributed by atoms with E-state index in [0.717, 1.165) is 5.56 Å². The standard InChI is InChI=1S/C31H30N2O4S/c1-19-9-11-21(12-10-19)29(35)28-26(27-24(33-30(28)32)17-31(2,3)18-25(27)34)20-13-15-23(16-14-20)38(36,37)22-7-5-4-6-8-22/h4-16,26,35H,17-18H2,1-3H3,(H2,32,33). The number of nitrogens with zero attached hydrogens (tertiary/aromatic N) is 1. The van der Waals surface area contributed by atoms with E-state index in [-0.39, 0.29) is 32.6 Å². The van der Waals surface area contributed by atoms with Gasteiger partial charge in [-0.1, -0.05) is 74.0 Å². The monoisotopic (exact) mass is 526 g/mol. The Kier molecular flexibility index (Phi) is 6.35. The minimum Gasteiger partial charge on any atom is -0.507 e. The SMILES string of the molecule is Cc1ccc(C(O)=C2C(N)=NC3=C(C(=O)CC(C)(C)C3)C2c2ccc(S(=O)(=O)c3ccccc3)cc2)cc1. The molecule has 0 spiro atoms. The third-order valence-electron chi connectivity index (χ3n) is 7.16. The fourth-order valence-electron chi connectivity index (χ4n) is 5.26. The molecular weight excluding hydrogens is 496 g/mol. The van der Waals surface area contributed by atoms with E-state index in [1.54, 1.807) is 54.6 Å². The van der Waals surface area contributed by atoms with Crippen LogP contribution >= 0.6 is 0 Å². The fourth-order valence-corrected chi connectivity index (χ4v) is 6.54. The molecule has 3 aromatic carbocycles. The van der Waals surface area contributed by atoms with Crippen LogP contribution < -0.4 is 5.73 Å². The van der Waals surface area contributed by atoms with E-state index >= 15 is 0 Å². The Morgan fingerprint density at radius 1 is 0.921 bits per heavy atom. The number of rotatable bonds is 4. The van der Waals surface area contributed by atoms with E-state index in [1.807, 2.05) is 32.9 Å². The quantitative estimate of drug-likeness (QED) is 0.412. The minimum atomic E-state index is -3.71. The maximum Gasteiger partial charge on any atom is 0.206 e. The first-order chi connectivity index (χ1) is 18.0. The van der Waals surface area contributed by atoms with Crippen molar-refractivity contribution < 1.29 is 18.3 Å². The second-order valence-corrected chi connectivity index (χ2v) is 12.7. The van der Waals surface area contributed by atoms with E-state index in [0.29, 0.717) is 40.8 Å². The van der Waals surface area contributed by atoms with Gasteiger partial charge in [-0.2, -0.15) is 0 Å². The van der Waals surface area contributed by atoms with Crippen LogP contribution in [0, 0.1) is 12.3 Å². The van der Waals surface area contributed by atoms with Gasteiger partial charge in [-0.3, -0.25) is 4.79 Å². The number of carbonyl (C=O) groups excluding carboxylic acids is 1. The maximum atomic E-state index is 13.5. The Bertz CT molecular complexity index is 1610. The number of aliphatic imine (C=N–C) groups is 1. The molecule has 194 valence electrons. The zero-order valence-corrected chi connectivity index (χ0v) is 22.4.